The normalized spacial score (nSPS) is 15.2. The summed E-state index contributed by atoms with van der Waals surface area (Å²) in [6, 6.07) is 17.4. The molecule has 7 rings (SSSR count). The van der Waals surface area contributed by atoms with E-state index in [1.807, 2.05) is 30.3 Å². The molecule has 0 unspecified atom stereocenters. The Kier molecular flexibility index (Phi) is 25.4. The van der Waals surface area contributed by atoms with Crippen LogP contribution in [0, 0.1) is 5.92 Å². The van der Waals surface area contributed by atoms with Crippen LogP contribution in [0.2, 0.25) is 0 Å². The Bertz CT molecular complexity index is 3700. The predicted molar refractivity (Wildman–Crippen MR) is 349 cm³/mol. The Morgan fingerprint density at radius 1 is 0.585 bits per heavy atom. The molecule has 2 aromatic heterocycles. The molecule has 4 aromatic carbocycles. The fourth-order valence-electron chi connectivity index (χ4n) is 11.1. The molecule has 1 fully saturated rings. The highest BCUT2D eigenvalue weighted by molar-refractivity contribution is 6.00. The van der Waals surface area contributed by atoms with Crippen LogP contribution in [0.4, 0.5) is 4.79 Å². The number of phenolic OH excluding ortho intramolecular Hbond substituents is 1. The number of benzene rings is 4. The van der Waals surface area contributed by atoms with E-state index >= 15 is 0 Å². The lowest BCUT2D eigenvalue weighted by molar-refractivity contribution is -0.143. The van der Waals surface area contributed by atoms with Crippen molar-refractivity contribution in [2.45, 2.75) is 133 Å². The van der Waals surface area contributed by atoms with Crippen LogP contribution >= 0.6 is 0 Å². The Balaban J connectivity index is 1.04. The molecule has 0 spiro atoms. The van der Waals surface area contributed by atoms with Gasteiger partial charge in [-0.2, -0.15) is 0 Å². The maximum absolute atomic E-state index is 14.7. The molecule has 0 saturated carbocycles. The van der Waals surface area contributed by atoms with E-state index in [9.17, 15) is 57.8 Å². The number of nitrogens with zero attached hydrogens (tertiary/aromatic N) is 2. The number of aromatic nitrogens is 2. The number of rotatable bonds is 31. The third-order valence-corrected chi connectivity index (χ3v) is 15.8. The topological polar surface area (TPSA) is 454 Å². The van der Waals surface area contributed by atoms with Crippen LogP contribution in [-0.4, -0.2) is 160 Å². The zero-order chi connectivity index (χ0) is 68.0. The van der Waals surface area contributed by atoms with Crippen molar-refractivity contribution in [1.29, 1.82) is 0 Å². The number of carbonyl (C=O) groups is 11. The smallest absolute Gasteiger partial charge is 0.334 e. The van der Waals surface area contributed by atoms with Gasteiger partial charge in [0.2, 0.25) is 53.2 Å². The number of guanidine groups is 1. The van der Waals surface area contributed by atoms with Gasteiger partial charge in [-0.05, 0) is 84.5 Å². The van der Waals surface area contributed by atoms with E-state index in [0.29, 0.717) is 22.3 Å². The largest absolute Gasteiger partial charge is 0.508 e. The number of para-hydroxylation sites is 2. The Labute approximate surface area is 542 Å². The summed E-state index contributed by atoms with van der Waals surface area (Å²) in [6.45, 7) is 5.04. The number of hydrogen-bond acceptors (Lipinski definition) is 13. The van der Waals surface area contributed by atoms with Crippen molar-refractivity contribution < 1.29 is 57.8 Å². The fraction of sp³-hybridized carbons (Fsp3) is 0.385. The van der Waals surface area contributed by atoms with Crippen molar-refractivity contribution in [3.8, 4) is 5.75 Å². The fourth-order valence-corrected chi connectivity index (χ4v) is 11.1. The van der Waals surface area contributed by atoms with Crippen molar-refractivity contribution in [2.75, 3.05) is 20.1 Å². The number of aliphatic imine (C=N–C) groups is 1. The average Bonchev–Trinajstić information content (AvgIpc) is 1.65. The minimum atomic E-state index is -1.67. The van der Waals surface area contributed by atoms with E-state index in [4.69, 9.17) is 17.2 Å². The van der Waals surface area contributed by atoms with Gasteiger partial charge < -0.3 is 79.7 Å². The lowest BCUT2D eigenvalue weighted by Gasteiger charge is -2.30. The molecule has 0 aliphatic carbocycles. The van der Waals surface area contributed by atoms with Gasteiger partial charge in [0, 0.05) is 86.9 Å². The van der Waals surface area contributed by atoms with E-state index in [1.54, 1.807) is 86.9 Å². The number of phenols is 1. The minimum absolute atomic E-state index is 0.0211. The number of aromatic amines is 2. The van der Waals surface area contributed by atoms with Crippen LogP contribution in [-0.2, 0) is 73.6 Å². The molecule has 500 valence electrons. The van der Waals surface area contributed by atoms with Gasteiger partial charge in [0.15, 0.2) is 5.96 Å². The molecular weight excluding hydrogens is 1210 g/mol. The molecule has 12 amide bonds. The number of nitrogens with one attached hydrogen (secondary N) is 12. The van der Waals surface area contributed by atoms with Crippen LogP contribution in [0.5, 0.6) is 5.75 Å². The summed E-state index contributed by atoms with van der Waals surface area (Å²) in [6.07, 6.45) is 3.09. The Hall–Kier alpha value is -11.0. The molecule has 6 aromatic rings. The summed E-state index contributed by atoms with van der Waals surface area (Å²) >= 11 is 0. The van der Waals surface area contributed by atoms with Crippen molar-refractivity contribution >= 4 is 92.9 Å². The van der Waals surface area contributed by atoms with Gasteiger partial charge in [0.05, 0.1) is 6.42 Å². The standard InChI is InChI=1S/C65H83N17O12/c1-36(2)28-49(58(88)74-47(20-12-26-70-64(68)69-4)57(87)75-48(56(67)86)31-40-34-71-45-18-10-8-16-43(40)45)79-65(94)81-80-61(91)51(29-38-14-6-5-7-15-38)77-62(92)54-21-13-27-82(54)63(93)53(33-55(66)85)78-60(90)52(32-41-35-72-46-19-11-9-17-44(41)46)76-59(89)50(73-37(3)83)30-39-22-24-42(84)25-23-39/h5-11,14-19,22-25,34-36,47-54,71-72,84H,12-13,20-21,26-33H2,1-4H3,(H2,66,85)(H2,67,86)(H,73,83)(H,74,88)(H,75,87)(H,76,89)(H,77,92)(H,78,90)(H,80,91)(H3,68,69,70)(H2,79,81,94)/t47-,48-,49-,50+,51-,52+,53-,54+/m0/s1. The number of amides is 12. The summed E-state index contributed by atoms with van der Waals surface area (Å²) in [5.74, 6) is -8.23. The van der Waals surface area contributed by atoms with Crippen LogP contribution in [0.3, 0.4) is 0 Å². The van der Waals surface area contributed by atoms with Crippen molar-refractivity contribution in [3.63, 3.8) is 0 Å². The van der Waals surface area contributed by atoms with Crippen LogP contribution < -0.4 is 70.6 Å². The van der Waals surface area contributed by atoms with Crippen molar-refractivity contribution in [2.24, 2.45) is 28.1 Å². The molecule has 29 nitrogen and oxygen atoms in total. The molecular formula is C65H83N17O12. The number of primary amides is 2. The summed E-state index contributed by atoms with van der Waals surface area (Å²) < 4.78 is 0. The number of aromatic hydroxyl groups is 1. The molecule has 1 aliphatic rings. The first-order chi connectivity index (χ1) is 45.0. The zero-order valence-electron chi connectivity index (χ0n) is 52.7. The van der Waals surface area contributed by atoms with Gasteiger partial charge in [0.25, 0.3) is 5.91 Å². The second-order valence-electron chi connectivity index (χ2n) is 23.5. The highest BCUT2D eigenvalue weighted by Gasteiger charge is 2.41. The highest BCUT2D eigenvalue weighted by Crippen LogP contribution is 2.24. The summed E-state index contributed by atoms with van der Waals surface area (Å²) in [5.41, 5.74) is 25.9. The molecule has 3 heterocycles. The van der Waals surface area contributed by atoms with E-state index in [-0.39, 0.29) is 88.5 Å². The lowest BCUT2D eigenvalue weighted by Crippen LogP contribution is -2.61. The van der Waals surface area contributed by atoms with Gasteiger partial charge in [0.1, 0.15) is 54.1 Å². The molecule has 0 bridgehead atoms. The van der Waals surface area contributed by atoms with Gasteiger partial charge in [-0.3, -0.25) is 58.4 Å². The monoisotopic (exact) mass is 1290 g/mol. The third-order valence-electron chi connectivity index (χ3n) is 15.8. The predicted octanol–water partition coefficient (Wildman–Crippen LogP) is -0.0348. The minimum Gasteiger partial charge on any atom is -0.508 e. The first-order valence-corrected chi connectivity index (χ1v) is 30.9. The number of urea groups is 1. The number of carbonyl (C=O) groups excluding carboxylic acids is 11. The van der Waals surface area contributed by atoms with Crippen molar-refractivity contribution in [3.05, 3.63) is 138 Å². The number of hydrazine groups is 1. The molecule has 1 aliphatic heterocycles. The van der Waals surface area contributed by atoms with Gasteiger partial charge in [-0.25, -0.2) is 10.2 Å². The summed E-state index contributed by atoms with van der Waals surface area (Å²) in [5, 5.41) is 32.9. The van der Waals surface area contributed by atoms with Crippen LogP contribution in [0.1, 0.15) is 81.5 Å². The Morgan fingerprint density at radius 2 is 1.11 bits per heavy atom. The lowest BCUT2D eigenvalue weighted by atomic mass is 10.0. The van der Waals surface area contributed by atoms with E-state index in [0.717, 1.165) is 26.7 Å². The molecule has 19 N–H and O–H groups in total. The van der Waals surface area contributed by atoms with Crippen LogP contribution in [0.15, 0.2) is 121 Å². The van der Waals surface area contributed by atoms with Gasteiger partial charge in [-0.1, -0.05) is 92.7 Å². The van der Waals surface area contributed by atoms with Gasteiger partial charge >= 0.3 is 6.03 Å². The van der Waals surface area contributed by atoms with E-state index in [1.165, 1.54) is 26.1 Å². The maximum atomic E-state index is 14.7. The quantitative estimate of drug-likeness (QED) is 0.0118. The SMILES string of the molecule is CN=C(N)NCCC[C@H](NC(=O)[C@H](CC(C)C)NC(=O)NNC(=O)[C@H](Cc1ccccc1)NC(=O)[C@H]1CCCN1C(=O)[C@H](CC(N)=O)NC(=O)[C@@H](Cc1c[nH]c2ccccc12)NC(=O)[C@@H](Cc1ccc(O)cc1)NC(C)=O)C(=O)N[C@@H](Cc1c[nH]c2ccccc12)C(N)=O. The molecule has 8 atom stereocenters. The Morgan fingerprint density at radius 3 is 1.69 bits per heavy atom. The van der Waals surface area contributed by atoms with E-state index < -0.39 is 120 Å². The average molecular weight is 1290 g/mol. The second kappa shape index (κ2) is 33.9. The third kappa shape index (κ3) is 20.5. The number of hydrogen-bond donors (Lipinski definition) is 16. The van der Waals surface area contributed by atoms with Crippen molar-refractivity contribution in [1.82, 2.24) is 68.3 Å². The number of fused-ring (bicyclic) bond motifs is 2. The molecule has 1 saturated heterocycles. The number of H-pyrrole nitrogens is 2. The van der Waals surface area contributed by atoms with Crippen LogP contribution in [0.25, 0.3) is 21.8 Å². The first kappa shape index (κ1) is 70.5. The first-order valence-electron chi connectivity index (χ1n) is 30.9. The summed E-state index contributed by atoms with van der Waals surface area (Å²) in [7, 11) is 1.49. The second-order valence-corrected chi connectivity index (χ2v) is 23.5. The summed E-state index contributed by atoms with van der Waals surface area (Å²) in [4.78, 5) is 163. The number of likely N-dealkylation sites (tertiary alicyclic amines) is 1. The molecule has 29 heteroatoms. The molecule has 0 radical (unpaired) electrons. The maximum Gasteiger partial charge on any atom is 0.334 e. The highest BCUT2D eigenvalue weighted by atomic mass is 16.3. The zero-order valence-corrected chi connectivity index (χ0v) is 52.7. The van der Waals surface area contributed by atoms with E-state index in [2.05, 4.69) is 68.3 Å². The van der Waals surface area contributed by atoms with Gasteiger partial charge in [-0.15, -0.1) is 0 Å². The number of nitrogens with two attached hydrogens (primary N) is 3. The molecule has 94 heavy (non-hydrogen) atoms.